The lowest BCUT2D eigenvalue weighted by Gasteiger charge is -2.21. The maximum atomic E-state index is 10.2. The van der Waals surface area contributed by atoms with Crippen molar-refractivity contribution in [3.8, 4) is 0 Å². The molecule has 84 valence electrons. The van der Waals surface area contributed by atoms with E-state index in [-0.39, 0.29) is 0 Å². The number of nitrogen functional groups attached to an aromatic ring is 1. The molecule has 0 saturated heterocycles. The Kier molecular flexibility index (Phi) is 2.56. The van der Waals surface area contributed by atoms with Crippen molar-refractivity contribution in [3.63, 3.8) is 0 Å². The molecule has 0 aliphatic rings. The van der Waals surface area contributed by atoms with Crippen molar-refractivity contribution in [2.45, 2.75) is 25.9 Å². The van der Waals surface area contributed by atoms with Gasteiger partial charge in [-0.15, -0.1) is 0 Å². The minimum atomic E-state index is -0.919. The lowest BCUT2D eigenvalue weighted by molar-refractivity contribution is 0.0489. The fourth-order valence-corrected chi connectivity index (χ4v) is 1.66. The summed E-state index contributed by atoms with van der Waals surface area (Å²) in [7, 11) is 0. The van der Waals surface area contributed by atoms with Crippen molar-refractivity contribution in [1.82, 2.24) is 4.98 Å². The molecule has 3 heteroatoms. The Hall–Kier alpha value is -1.61. The van der Waals surface area contributed by atoms with Gasteiger partial charge in [0.05, 0.1) is 11.2 Å². The van der Waals surface area contributed by atoms with Crippen LogP contribution in [0.2, 0.25) is 0 Å². The van der Waals surface area contributed by atoms with Crippen molar-refractivity contribution in [3.05, 3.63) is 36.0 Å². The highest BCUT2D eigenvalue weighted by Crippen LogP contribution is 2.28. The van der Waals surface area contributed by atoms with Crippen molar-refractivity contribution in [1.29, 1.82) is 0 Å². The molecule has 0 bridgehead atoms. The number of aliphatic hydroxyl groups is 1. The van der Waals surface area contributed by atoms with E-state index in [1.165, 1.54) is 0 Å². The number of hydrogen-bond acceptors (Lipinski definition) is 3. The molecular formula is C13H16N2O. The predicted molar refractivity (Wildman–Crippen MR) is 66.0 cm³/mol. The van der Waals surface area contributed by atoms with Gasteiger partial charge in [0, 0.05) is 11.1 Å². The Labute approximate surface area is 94.9 Å². The smallest absolute Gasteiger partial charge is 0.104 e. The van der Waals surface area contributed by atoms with Gasteiger partial charge >= 0.3 is 0 Å². The highest BCUT2D eigenvalue weighted by atomic mass is 16.3. The van der Waals surface area contributed by atoms with Gasteiger partial charge < -0.3 is 10.8 Å². The highest BCUT2D eigenvalue weighted by Gasteiger charge is 2.23. The highest BCUT2D eigenvalue weighted by molar-refractivity contribution is 5.90. The van der Waals surface area contributed by atoms with Crippen molar-refractivity contribution in [2.75, 3.05) is 5.73 Å². The van der Waals surface area contributed by atoms with Gasteiger partial charge in [-0.2, -0.15) is 0 Å². The number of hydrogen-bond donors (Lipinski definition) is 2. The maximum Gasteiger partial charge on any atom is 0.104 e. The quantitative estimate of drug-likeness (QED) is 0.810. The summed E-state index contributed by atoms with van der Waals surface area (Å²) >= 11 is 0. The van der Waals surface area contributed by atoms with Gasteiger partial charge in [0.1, 0.15) is 5.60 Å². The van der Waals surface area contributed by atoms with Gasteiger partial charge in [-0.3, -0.25) is 0 Å². The van der Waals surface area contributed by atoms with Crippen LogP contribution in [-0.2, 0) is 5.60 Å². The van der Waals surface area contributed by atoms with E-state index in [0.717, 1.165) is 10.9 Å². The molecule has 16 heavy (non-hydrogen) atoms. The number of para-hydroxylation sites is 1. The molecule has 2 rings (SSSR count). The van der Waals surface area contributed by atoms with E-state index in [4.69, 9.17) is 5.73 Å². The maximum absolute atomic E-state index is 10.2. The molecule has 2 aromatic rings. The number of nitrogens with zero attached hydrogens (tertiary/aromatic N) is 1. The molecule has 0 radical (unpaired) electrons. The second-order valence-corrected chi connectivity index (χ2v) is 4.24. The van der Waals surface area contributed by atoms with Gasteiger partial charge in [-0.25, -0.2) is 4.98 Å². The average Bonchev–Trinajstić information content (AvgIpc) is 2.29. The Morgan fingerprint density at radius 3 is 2.75 bits per heavy atom. The average molecular weight is 216 g/mol. The number of anilines is 1. The third-order valence-electron chi connectivity index (χ3n) is 2.99. The zero-order chi connectivity index (χ0) is 11.8. The second kappa shape index (κ2) is 3.76. The molecule has 1 unspecified atom stereocenters. The number of benzene rings is 1. The van der Waals surface area contributed by atoms with Crippen LogP contribution in [-0.4, -0.2) is 10.1 Å². The summed E-state index contributed by atoms with van der Waals surface area (Å²) in [6, 6.07) is 9.44. The molecule has 1 aromatic carbocycles. The molecule has 0 saturated carbocycles. The third kappa shape index (κ3) is 1.74. The topological polar surface area (TPSA) is 59.1 Å². The number of nitrogens with two attached hydrogens (primary N) is 1. The Morgan fingerprint density at radius 2 is 2.06 bits per heavy atom. The largest absolute Gasteiger partial charge is 0.398 e. The van der Waals surface area contributed by atoms with Crippen LogP contribution < -0.4 is 5.73 Å². The zero-order valence-electron chi connectivity index (χ0n) is 9.57. The normalized spacial score (nSPS) is 14.9. The summed E-state index contributed by atoms with van der Waals surface area (Å²) in [6.07, 6.45) is 0.609. The van der Waals surface area contributed by atoms with Crippen molar-refractivity contribution < 1.29 is 5.11 Å². The van der Waals surface area contributed by atoms with Crippen molar-refractivity contribution in [2.24, 2.45) is 0 Å². The zero-order valence-corrected chi connectivity index (χ0v) is 9.57. The predicted octanol–water partition coefficient (Wildman–Crippen LogP) is 2.43. The van der Waals surface area contributed by atoms with E-state index in [0.29, 0.717) is 17.8 Å². The van der Waals surface area contributed by atoms with Crippen LogP contribution in [0.4, 0.5) is 5.69 Å². The molecule has 1 heterocycles. The molecule has 0 aliphatic heterocycles. The van der Waals surface area contributed by atoms with E-state index >= 15 is 0 Å². The first kappa shape index (κ1) is 10.9. The van der Waals surface area contributed by atoms with E-state index in [1.807, 2.05) is 31.2 Å². The standard InChI is InChI=1S/C13H16N2O/c1-3-13(2,16)12-8-10(14)9-6-4-5-7-11(9)15-12/h4-8,16H,3H2,1-2H3,(H2,14,15). The van der Waals surface area contributed by atoms with Crippen LogP contribution in [0, 0.1) is 0 Å². The van der Waals surface area contributed by atoms with Gasteiger partial charge in [-0.05, 0) is 25.5 Å². The van der Waals surface area contributed by atoms with Gasteiger partial charge in [0.2, 0.25) is 0 Å². The van der Waals surface area contributed by atoms with Crippen LogP contribution in [0.15, 0.2) is 30.3 Å². The summed E-state index contributed by atoms with van der Waals surface area (Å²) in [5.74, 6) is 0. The molecular weight excluding hydrogens is 200 g/mol. The minimum absolute atomic E-state index is 0.609. The third-order valence-corrected chi connectivity index (χ3v) is 2.99. The van der Waals surface area contributed by atoms with Crippen LogP contribution in [0.5, 0.6) is 0 Å². The van der Waals surface area contributed by atoms with Crippen molar-refractivity contribution >= 4 is 16.6 Å². The van der Waals surface area contributed by atoms with Crippen LogP contribution in [0.1, 0.15) is 26.0 Å². The fourth-order valence-electron chi connectivity index (χ4n) is 1.66. The Bertz CT molecular complexity index is 520. The summed E-state index contributed by atoms with van der Waals surface area (Å²) in [5.41, 5.74) is 7.16. The number of pyridine rings is 1. The van der Waals surface area contributed by atoms with E-state index < -0.39 is 5.60 Å². The molecule has 1 atom stereocenters. The molecule has 1 aromatic heterocycles. The van der Waals surface area contributed by atoms with Crippen LogP contribution in [0.3, 0.4) is 0 Å². The first-order valence-corrected chi connectivity index (χ1v) is 5.42. The summed E-state index contributed by atoms with van der Waals surface area (Å²) < 4.78 is 0. The number of rotatable bonds is 2. The van der Waals surface area contributed by atoms with E-state index in [9.17, 15) is 5.11 Å². The van der Waals surface area contributed by atoms with Crippen LogP contribution in [0.25, 0.3) is 10.9 Å². The lowest BCUT2D eigenvalue weighted by atomic mass is 9.97. The van der Waals surface area contributed by atoms with Gasteiger partial charge in [0.15, 0.2) is 0 Å². The van der Waals surface area contributed by atoms with Crippen LogP contribution >= 0.6 is 0 Å². The number of fused-ring (bicyclic) bond motifs is 1. The number of aromatic nitrogens is 1. The van der Waals surface area contributed by atoms with E-state index in [2.05, 4.69) is 4.98 Å². The van der Waals surface area contributed by atoms with Gasteiger partial charge in [-0.1, -0.05) is 25.1 Å². The molecule has 3 N–H and O–H groups in total. The molecule has 0 spiro atoms. The SMILES string of the molecule is CCC(C)(O)c1cc(N)c2ccccc2n1. The summed E-state index contributed by atoms with van der Waals surface area (Å²) in [4.78, 5) is 4.45. The second-order valence-electron chi connectivity index (χ2n) is 4.24. The molecule has 3 nitrogen and oxygen atoms in total. The molecule has 0 fully saturated rings. The van der Waals surface area contributed by atoms with E-state index in [1.54, 1.807) is 13.0 Å². The Morgan fingerprint density at radius 1 is 1.38 bits per heavy atom. The first-order chi connectivity index (χ1) is 7.54. The summed E-state index contributed by atoms with van der Waals surface area (Å²) in [6.45, 7) is 3.68. The molecule has 0 amide bonds. The van der Waals surface area contributed by atoms with Gasteiger partial charge in [0.25, 0.3) is 0 Å². The monoisotopic (exact) mass is 216 g/mol. The minimum Gasteiger partial charge on any atom is -0.398 e. The fraction of sp³-hybridized carbons (Fsp3) is 0.308. The molecule has 0 aliphatic carbocycles. The lowest BCUT2D eigenvalue weighted by Crippen LogP contribution is -2.21. The summed E-state index contributed by atoms with van der Waals surface area (Å²) in [5, 5.41) is 11.1. The Balaban J connectivity index is 2.67. The first-order valence-electron chi connectivity index (χ1n) is 5.42.